The van der Waals surface area contributed by atoms with Crippen LogP contribution in [0.4, 0.5) is 0 Å². The second-order valence-electron chi connectivity index (χ2n) is 20.3. The van der Waals surface area contributed by atoms with Crippen molar-refractivity contribution in [3.63, 3.8) is 0 Å². The number of rotatable bonds is 30. The van der Waals surface area contributed by atoms with Crippen molar-refractivity contribution in [3.8, 4) is 0 Å². The molecule has 4 aromatic heterocycles. The van der Waals surface area contributed by atoms with Crippen LogP contribution >= 0.6 is 22.7 Å². The number of nitrogens with zero attached hydrogens (tertiary/aromatic N) is 2. The van der Waals surface area contributed by atoms with Crippen LogP contribution in [0.5, 0.6) is 0 Å². The summed E-state index contributed by atoms with van der Waals surface area (Å²) in [7, 11) is 0. The van der Waals surface area contributed by atoms with Gasteiger partial charge < -0.3 is 9.13 Å². The molecule has 0 atom stereocenters. The van der Waals surface area contributed by atoms with E-state index in [1.54, 1.807) is 0 Å². The summed E-state index contributed by atoms with van der Waals surface area (Å²) in [6.45, 7) is 6.79. The van der Waals surface area contributed by atoms with Crippen molar-refractivity contribution in [3.05, 3.63) is 84.9 Å². The molecule has 2 nitrogen and oxygen atoms in total. The molecule has 5 aromatic carbocycles. The van der Waals surface area contributed by atoms with E-state index in [0.29, 0.717) is 0 Å². The van der Waals surface area contributed by atoms with Crippen LogP contribution in [0.15, 0.2) is 84.9 Å². The van der Waals surface area contributed by atoms with Crippen molar-refractivity contribution < 1.29 is 0 Å². The van der Waals surface area contributed by atoms with Gasteiger partial charge in [0.1, 0.15) is 0 Å². The number of benzene rings is 5. The zero-order valence-electron chi connectivity index (χ0n) is 41.0. The van der Waals surface area contributed by atoms with Crippen LogP contribution < -0.4 is 0 Å². The van der Waals surface area contributed by atoms with E-state index in [1.165, 1.54) is 264 Å². The van der Waals surface area contributed by atoms with E-state index in [0.717, 1.165) is 13.1 Å². The van der Waals surface area contributed by atoms with Gasteiger partial charge in [-0.1, -0.05) is 217 Å². The highest BCUT2D eigenvalue weighted by atomic mass is 32.1. The number of aromatic nitrogens is 2. The van der Waals surface area contributed by atoms with Crippen LogP contribution in [-0.2, 0) is 13.1 Å². The molecule has 0 aliphatic rings. The maximum absolute atomic E-state index is 2.73. The molecule has 4 heteroatoms. The van der Waals surface area contributed by atoms with Gasteiger partial charge in [0.2, 0.25) is 0 Å². The molecule has 0 spiro atoms. The molecule has 9 rings (SSSR count). The molecular formula is C62H80N2S2. The Balaban J connectivity index is 0.952. The van der Waals surface area contributed by atoms with E-state index in [9.17, 15) is 0 Å². The predicted molar refractivity (Wildman–Crippen MR) is 299 cm³/mol. The Hall–Kier alpha value is -3.86. The SMILES string of the molecule is CCCCCCCCCCCCCCCCn1c2cc3c(cc2c2cc4c(cc21)c1cc2sc5ccccc5c2cc1n4CCCCCCCCCCCCCCCC)sc1ccccc13. The summed E-state index contributed by atoms with van der Waals surface area (Å²) in [4.78, 5) is 0. The summed E-state index contributed by atoms with van der Waals surface area (Å²) < 4.78 is 11.1. The van der Waals surface area contributed by atoms with Gasteiger partial charge in [-0.3, -0.25) is 0 Å². The lowest BCUT2D eigenvalue weighted by molar-refractivity contribution is 0.528. The minimum absolute atomic E-state index is 1.08. The minimum atomic E-state index is 1.08. The van der Waals surface area contributed by atoms with E-state index in [-0.39, 0.29) is 0 Å². The number of aryl methyl sites for hydroxylation is 2. The normalized spacial score (nSPS) is 12.4. The van der Waals surface area contributed by atoms with Crippen LogP contribution in [-0.4, -0.2) is 9.13 Å². The summed E-state index contributed by atoms with van der Waals surface area (Å²) in [6.07, 6.45) is 39.0. The first-order chi connectivity index (χ1) is 32.7. The van der Waals surface area contributed by atoms with Crippen molar-refractivity contribution in [2.24, 2.45) is 0 Å². The van der Waals surface area contributed by atoms with Crippen molar-refractivity contribution in [1.82, 2.24) is 9.13 Å². The number of hydrogen-bond acceptors (Lipinski definition) is 2. The lowest BCUT2D eigenvalue weighted by atomic mass is 10.0. The minimum Gasteiger partial charge on any atom is -0.340 e. The van der Waals surface area contributed by atoms with Gasteiger partial charge in [-0.25, -0.2) is 0 Å². The van der Waals surface area contributed by atoms with Gasteiger partial charge in [0.15, 0.2) is 0 Å². The monoisotopic (exact) mass is 917 g/mol. The maximum Gasteiger partial charge on any atom is 0.0499 e. The number of unbranched alkanes of at least 4 members (excludes halogenated alkanes) is 26. The van der Waals surface area contributed by atoms with Gasteiger partial charge in [0, 0.05) is 97.0 Å². The number of hydrogen-bond donors (Lipinski definition) is 0. The molecular weight excluding hydrogens is 837 g/mol. The average Bonchev–Trinajstić information content (AvgIpc) is 4.06. The molecule has 0 aliphatic heterocycles. The van der Waals surface area contributed by atoms with E-state index in [4.69, 9.17) is 0 Å². The van der Waals surface area contributed by atoms with E-state index >= 15 is 0 Å². The Morgan fingerprint density at radius 3 is 0.879 bits per heavy atom. The quantitative estimate of drug-likeness (QED) is 0.0398. The van der Waals surface area contributed by atoms with Gasteiger partial charge in [-0.15, -0.1) is 22.7 Å². The lowest BCUT2D eigenvalue weighted by Gasteiger charge is -2.10. The third-order valence-corrected chi connectivity index (χ3v) is 17.6. The summed E-state index contributed by atoms with van der Waals surface area (Å²) in [5.41, 5.74) is 5.67. The molecule has 0 unspecified atom stereocenters. The fourth-order valence-electron chi connectivity index (χ4n) is 11.5. The smallest absolute Gasteiger partial charge is 0.0499 e. The Labute approximate surface area is 405 Å². The van der Waals surface area contributed by atoms with Gasteiger partial charge in [-0.2, -0.15) is 0 Å². The van der Waals surface area contributed by atoms with Crippen LogP contribution in [0.3, 0.4) is 0 Å². The second-order valence-corrected chi connectivity index (χ2v) is 22.5. The average molecular weight is 917 g/mol. The Bertz CT molecular complexity index is 2730. The summed E-state index contributed by atoms with van der Waals surface area (Å²) >= 11 is 3.92. The third-order valence-electron chi connectivity index (χ3n) is 15.3. The number of fused-ring (bicyclic) bond motifs is 12. The van der Waals surface area contributed by atoms with Crippen LogP contribution in [0, 0.1) is 0 Å². The molecule has 0 N–H and O–H groups in total. The van der Waals surface area contributed by atoms with E-state index < -0.39 is 0 Å². The maximum atomic E-state index is 2.73. The fraction of sp³-hybridized carbons (Fsp3) is 0.516. The van der Waals surface area contributed by atoms with Crippen molar-refractivity contribution in [2.75, 3.05) is 0 Å². The van der Waals surface area contributed by atoms with E-state index in [2.05, 4.69) is 108 Å². The van der Waals surface area contributed by atoms with Crippen molar-refractivity contribution in [1.29, 1.82) is 0 Å². The van der Waals surface area contributed by atoms with Crippen LogP contribution in [0.2, 0.25) is 0 Å². The fourth-order valence-corrected chi connectivity index (χ4v) is 13.8. The Morgan fingerprint density at radius 2 is 0.545 bits per heavy atom. The first-order valence-electron chi connectivity index (χ1n) is 27.4. The molecule has 0 radical (unpaired) electrons. The van der Waals surface area contributed by atoms with Gasteiger partial charge >= 0.3 is 0 Å². The first-order valence-corrected chi connectivity index (χ1v) is 29.0. The zero-order valence-corrected chi connectivity index (χ0v) is 42.6. The van der Waals surface area contributed by atoms with Crippen molar-refractivity contribution in [2.45, 2.75) is 207 Å². The summed E-state index contributed by atoms with van der Waals surface area (Å²) in [5.74, 6) is 0. The molecule has 66 heavy (non-hydrogen) atoms. The largest absolute Gasteiger partial charge is 0.340 e. The first kappa shape index (κ1) is 47.2. The predicted octanol–water partition coefficient (Wildman–Crippen LogP) is 21.6. The lowest BCUT2D eigenvalue weighted by Crippen LogP contribution is -1.99. The van der Waals surface area contributed by atoms with Crippen molar-refractivity contribution >= 4 is 107 Å². The summed E-state index contributed by atoms with van der Waals surface area (Å²) in [6, 6.07) is 33.5. The third kappa shape index (κ3) is 11.0. The highest BCUT2D eigenvalue weighted by Gasteiger charge is 2.20. The molecule has 9 aromatic rings. The Morgan fingerprint density at radius 1 is 0.273 bits per heavy atom. The molecule has 0 saturated heterocycles. The molecule has 0 amide bonds. The van der Waals surface area contributed by atoms with Crippen LogP contribution in [0.1, 0.15) is 194 Å². The zero-order chi connectivity index (χ0) is 44.9. The Kier molecular flexibility index (Phi) is 17.1. The molecule has 350 valence electrons. The highest BCUT2D eigenvalue weighted by molar-refractivity contribution is 7.26. The number of thiophene rings is 2. The molecule has 0 aliphatic carbocycles. The molecule has 0 saturated carbocycles. The molecule has 0 bridgehead atoms. The second kappa shape index (κ2) is 23.9. The van der Waals surface area contributed by atoms with Gasteiger partial charge in [0.05, 0.1) is 0 Å². The van der Waals surface area contributed by atoms with Gasteiger partial charge in [0.25, 0.3) is 0 Å². The summed E-state index contributed by atoms with van der Waals surface area (Å²) in [5, 5.41) is 11.3. The molecule has 0 fully saturated rings. The molecule has 4 heterocycles. The topological polar surface area (TPSA) is 9.86 Å². The van der Waals surface area contributed by atoms with Crippen LogP contribution in [0.25, 0.3) is 84.0 Å². The highest BCUT2D eigenvalue weighted by Crippen LogP contribution is 2.44. The van der Waals surface area contributed by atoms with E-state index in [1.807, 2.05) is 22.7 Å². The van der Waals surface area contributed by atoms with Gasteiger partial charge in [-0.05, 0) is 61.4 Å². The standard InChI is InChI=1S/C62H80N2S2/c1-3-5-7-9-11-13-15-17-19-21-23-25-27-33-39-63-55-41-50-52-46-62-54(48-36-30-32-38-60(48)66-62)44-58(52)64(40-34-28-26-24-22-20-18-16-14-12-10-8-6-4-2)56(50)42-49(55)51-45-61-53(43-57(51)63)47-35-29-31-37-59(47)65-61/h29-32,35-38,41-46H,3-28,33-34,39-40H2,1-2H3.